The molecule has 0 aromatic carbocycles. The molecule has 1 atom stereocenters. The molecular weight excluding hydrogens is 283 g/mol. The topological polar surface area (TPSA) is 69.5 Å². The van der Waals surface area contributed by atoms with Crippen LogP contribution in [0, 0.1) is 0 Å². The molecule has 0 bridgehead atoms. The van der Waals surface area contributed by atoms with Gasteiger partial charge in [0.15, 0.2) is 17.6 Å². The monoisotopic (exact) mass is 302 g/mol. The Labute approximate surface area is 129 Å². The van der Waals surface area contributed by atoms with Gasteiger partial charge in [0.2, 0.25) is 0 Å². The zero-order valence-electron chi connectivity index (χ0n) is 13.1. The molecule has 1 amide bonds. The van der Waals surface area contributed by atoms with E-state index in [9.17, 15) is 4.79 Å². The van der Waals surface area contributed by atoms with Crippen LogP contribution in [0.5, 0.6) is 0 Å². The van der Waals surface area contributed by atoms with E-state index in [0.29, 0.717) is 17.9 Å². The molecule has 2 aromatic rings. The Hall–Kier alpha value is -1.93. The second-order valence-electron chi connectivity index (χ2n) is 5.48. The highest BCUT2D eigenvalue weighted by Crippen LogP contribution is 2.27. The Morgan fingerprint density at radius 2 is 2.36 bits per heavy atom. The third kappa shape index (κ3) is 2.59. The van der Waals surface area contributed by atoms with Crippen molar-refractivity contribution in [3.8, 4) is 0 Å². The molecule has 7 nitrogen and oxygen atoms in total. The summed E-state index contributed by atoms with van der Waals surface area (Å²) >= 11 is 0. The number of carbonyl (C=O) groups is 1. The number of pyridine rings is 1. The summed E-state index contributed by atoms with van der Waals surface area (Å²) < 4.78 is 7.51. The lowest BCUT2D eigenvalue weighted by Gasteiger charge is -2.23. The average Bonchev–Trinajstić information content (AvgIpc) is 2.92. The van der Waals surface area contributed by atoms with E-state index in [1.165, 1.54) is 7.11 Å². The molecule has 0 radical (unpaired) electrons. The van der Waals surface area contributed by atoms with Gasteiger partial charge in [-0.05, 0) is 19.3 Å². The minimum atomic E-state index is -0.297. The third-order valence-corrected chi connectivity index (χ3v) is 3.87. The minimum absolute atomic E-state index is 0.166. The summed E-state index contributed by atoms with van der Waals surface area (Å²) in [6.07, 6.45) is 4.62. The molecule has 8 heteroatoms. The Kier molecular flexibility index (Phi) is 4.13. The van der Waals surface area contributed by atoms with E-state index in [0.717, 1.165) is 35.2 Å². The van der Waals surface area contributed by atoms with Gasteiger partial charge in [-0.15, -0.1) is 0 Å². The standard InChI is InChI=1S/C14H19BN4O3/c1-18(21-2)14(20)12-10-7-9(15)8-16-13(10)19(17-12)11-5-3-4-6-22-11/h7-8,11H,3-6,15H2,1-2H3. The van der Waals surface area contributed by atoms with Crippen molar-refractivity contribution in [2.24, 2.45) is 0 Å². The number of hydrogen-bond acceptors (Lipinski definition) is 5. The molecule has 116 valence electrons. The van der Waals surface area contributed by atoms with Crippen molar-refractivity contribution in [2.75, 3.05) is 20.8 Å². The van der Waals surface area contributed by atoms with Gasteiger partial charge >= 0.3 is 0 Å². The van der Waals surface area contributed by atoms with Crippen LogP contribution in [0.25, 0.3) is 11.0 Å². The van der Waals surface area contributed by atoms with Gasteiger partial charge in [0.25, 0.3) is 5.91 Å². The first-order valence-corrected chi connectivity index (χ1v) is 7.40. The van der Waals surface area contributed by atoms with Crippen molar-refractivity contribution in [1.29, 1.82) is 0 Å². The Bertz CT molecular complexity index is 697. The van der Waals surface area contributed by atoms with Gasteiger partial charge in [-0.25, -0.2) is 14.7 Å². The fourth-order valence-corrected chi connectivity index (χ4v) is 2.64. The molecule has 3 rings (SSSR count). The smallest absolute Gasteiger partial charge is 0.298 e. The van der Waals surface area contributed by atoms with Crippen LogP contribution in [0.2, 0.25) is 0 Å². The van der Waals surface area contributed by atoms with Gasteiger partial charge in [-0.3, -0.25) is 9.63 Å². The Morgan fingerprint density at radius 3 is 3.05 bits per heavy atom. The molecule has 0 aliphatic carbocycles. The van der Waals surface area contributed by atoms with Crippen LogP contribution >= 0.6 is 0 Å². The molecule has 2 aromatic heterocycles. The average molecular weight is 302 g/mol. The summed E-state index contributed by atoms with van der Waals surface area (Å²) in [4.78, 5) is 21.9. The van der Waals surface area contributed by atoms with Crippen molar-refractivity contribution in [1.82, 2.24) is 19.8 Å². The number of rotatable bonds is 3. The Balaban J connectivity index is 2.11. The van der Waals surface area contributed by atoms with E-state index < -0.39 is 0 Å². The van der Waals surface area contributed by atoms with Gasteiger partial charge in [0, 0.05) is 19.9 Å². The number of nitrogens with zero attached hydrogens (tertiary/aromatic N) is 4. The van der Waals surface area contributed by atoms with Crippen molar-refractivity contribution >= 4 is 30.2 Å². The summed E-state index contributed by atoms with van der Waals surface area (Å²) in [5.74, 6) is -0.297. The van der Waals surface area contributed by atoms with E-state index >= 15 is 0 Å². The molecule has 1 aliphatic heterocycles. The lowest BCUT2D eigenvalue weighted by molar-refractivity contribution is -0.0762. The predicted octanol–water partition coefficient (Wildman–Crippen LogP) is 0.0222. The molecule has 1 fully saturated rings. The van der Waals surface area contributed by atoms with Crippen LogP contribution in [-0.4, -0.2) is 54.3 Å². The fourth-order valence-electron chi connectivity index (χ4n) is 2.64. The highest BCUT2D eigenvalue weighted by atomic mass is 16.7. The molecular formula is C14H19BN4O3. The zero-order chi connectivity index (χ0) is 15.7. The normalized spacial score (nSPS) is 18.5. The van der Waals surface area contributed by atoms with Gasteiger partial charge in [-0.1, -0.05) is 11.5 Å². The summed E-state index contributed by atoms with van der Waals surface area (Å²) in [6.45, 7) is 0.707. The van der Waals surface area contributed by atoms with Gasteiger partial charge in [0.1, 0.15) is 7.85 Å². The molecule has 0 N–H and O–H groups in total. The van der Waals surface area contributed by atoms with Crippen molar-refractivity contribution in [3.05, 3.63) is 18.0 Å². The van der Waals surface area contributed by atoms with Crippen LogP contribution in [-0.2, 0) is 9.57 Å². The highest BCUT2D eigenvalue weighted by molar-refractivity contribution is 6.33. The predicted molar refractivity (Wildman–Crippen MR) is 83.6 cm³/mol. The molecule has 1 aliphatic rings. The molecule has 3 heterocycles. The molecule has 1 saturated heterocycles. The number of amides is 1. The zero-order valence-corrected chi connectivity index (χ0v) is 13.1. The molecule has 22 heavy (non-hydrogen) atoms. The largest absolute Gasteiger partial charge is 0.356 e. The summed E-state index contributed by atoms with van der Waals surface area (Å²) in [7, 11) is 4.95. The van der Waals surface area contributed by atoms with Crippen LogP contribution < -0.4 is 5.46 Å². The number of hydrogen-bond donors (Lipinski definition) is 0. The van der Waals surface area contributed by atoms with E-state index in [2.05, 4.69) is 10.1 Å². The fraction of sp³-hybridized carbons (Fsp3) is 0.500. The van der Waals surface area contributed by atoms with E-state index in [4.69, 9.17) is 9.57 Å². The maximum Gasteiger partial charge on any atom is 0.298 e. The van der Waals surface area contributed by atoms with Crippen molar-refractivity contribution < 1.29 is 14.4 Å². The first-order chi connectivity index (χ1) is 10.6. The van der Waals surface area contributed by atoms with Gasteiger partial charge < -0.3 is 4.74 Å². The lowest BCUT2D eigenvalue weighted by Crippen LogP contribution is -2.26. The highest BCUT2D eigenvalue weighted by Gasteiger charge is 2.26. The molecule has 0 saturated carbocycles. The first-order valence-electron chi connectivity index (χ1n) is 7.40. The van der Waals surface area contributed by atoms with Crippen molar-refractivity contribution in [3.63, 3.8) is 0 Å². The first kappa shape index (κ1) is 15.0. The van der Waals surface area contributed by atoms with Crippen LogP contribution in [0.1, 0.15) is 36.0 Å². The van der Waals surface area contributed by atoms with Crippen LogP contribution in [0.15, 0.2) is 12.3 Å². The summed E-state index contributed by atoms with van der Waals surface area (Å²) in [6, 6.07) is 1.92. The van der Waals surface area contributed by atoms with E-state index in [1.807, 2.05) is 13.9 Å². The van der Waals surface area contributed by atoms with Gasteiger partial charge in [0.05, 0.1) is 12.5 Å². The lowest BCUT2D eigenvalue weighted by atomic mass is 9.97. The van der Waals surface area contributed by atoms with Crippen LogP contribution in [0.4, 0.5) is 0 Å². The molecule has 0 spiro atoms. The number of hydroxylamine groups is 2. The van der Waals surface area contributed by atoms with Gasteiger partial charge in [-0.2, -0.15) is 5.10 Å². The maximum atomic E-state index is 12.5. The Morgan fingerprint density at radius 1 is 1.55 bits per heavy atom. The number of ether oxygens (including phenoxy) is 1. The number of carbonyl (C=O) groups excluding carboxylic acids is 1. The third-order valence-electron chi connectivity index (χ3n) is 3.87. The van der Waals surface area contributed by atoms with Crippen molar-refractivity contribution in [2.45, 2.75) is 25.5 Å². The van der Waals surface area contributed by atoms with E-state index in [1.54, 1.807) is 17.9 Å². The number of aromatic nitrogens is 3. The molecule has 1 unspecified atom stereocenters. The van der Waals surface area contributed by atoms with Crippen LogP contribution in [0.3, 0.4) is 0 Å². The minimum Gasteiger partial charge on any atom is -0.356 e. The summed E-state index contributed by atoms with van der Waals surface area (Å²) in [5.41, 5.74) is 1.99. The maximum absolute atomic E-state index is 12.5. The summed E-state index contributed by atoms with van der Waals surface area (Å²) in [5, 5.41) is 6.37. The SMILES string of the molecule is Bc1cnc2c(c1)c(C(=O)N(C)OC)nn2C1CCCCO1. The quantitative estimate of drug-likeness (QED) is 0.591. The van der Waals surface area contributed by atoms with E-state index in [-0.39, 0.29) is 12.1 Å². The number of fused-ring (bicyclic) bond motifs is 1. The second-order valence-corrected chi connectivity index (χ2v) is 5.48. The second kappa shape index (κ2) is 6.06.